The molecule has 1 fully saturated rings. The summed E-state index contributed by atoms with van der Waals surface area (Å²) in [6.07, 6.45) is 6.76. The van der Waals surface area contributed by atoms with Crippen LogP contribution in [0.25, 0.3) is 0 Å². The van der Waals surface area contributed by atoms with E-state index in [9.17, 15) is 0 Å². The van der Waals surface area contributed by atoms with Gasteiger partial charge in [0.15, 0.2) is 0 Å². The van der Waals surface area contributed by atoms with Crippen molar-refractivity contribution in [1.82, 2.24) is 4.90 Å². The molecule has 1 rings (SSSR count). The summed E-state index contributed by atoms with van der Waals surface area (Å²) in [6, 6.07) is 0. The third-order valence-electron chi connectivity index (χ3n) is 2.89. The normalized spacial score (nSPS) is 27.0. The van der Waals surface area contributed by atoms with Gasteiger partial charge in [-0.1, -0.05) is 0 Å². The Bertz CT molecular complexity index is 112. The maximum Gasteiger partial charge on any atom is -0.00191 e. The Hall–Kier alpha value is -0.0800. The zero-order valence-electron chi connectivity index (χ0n) is 8.26. The molecule has 1 saturated heterocycles. The molecule has 2 N–H and O–H groups in total. The monoisotopic (exact) mass is 170 g/mol. The molecule has 0 aliphatic carbocycles. The lowest BCUT2D eigenvalue weighted by atomic mass is 9.95. The molecule has 0 bridgehead atoms. The lowest BCUT2D eigenvalue weighted by Gasteiger charge is -2.13. The van der Waals surface area contributed by atoms with Gasteiger partial charge in [-0.2, -0.15) is 0 Å². The Morgan fingerprint density at radius 2 is 2.17 bits per heavy atom. The van der Waals surface area contributed by atoms with Crippen LogP contribution < -0.4 is 5.73 Å². The predicted molar refractivity (Wildman–Crippen MR) is 53.1 cm³/mol. The second kappa shape index (κ2) is 5.55. The van der Waals surface area contributed by atoms with Crippen molar-refractivity contribution in [2.45, 2.75) is 32.1 Å². The molecule has 2 nitrogen and oxygen atoms in total. The third kappa shape index (κ3) is 3.55. The first-order chi connectivity index (χ1) is 5.83. The zero-order chi connectivity index (χ0) is 8.81. The van der Waals surface area contributed by atoms with E-state index in [4.69, 9.17) is 5.73 Å². The van der Waals surface area contributed by atoms with E-state index in [1.54, 1.807) is 0 Å². The maximum atomic E-state index is 5.50. The first-order valence-electron chi connectivity index (χ1n) is 5.21. The summed E-state index contributed by atoms with van der Waals surface area (Å²) in [5, 5.41) is 0. The number of nitrogens with two attached hydrogens (primary N) is 1. The average Bonchev–Trinajstić information content (AvgIpc) is 2.27. The van der Waals surface area contributed by atoms with Crippen LogP contribution in [0.4, 0.5) is 0 Å². The highest BCUT2D eigenvalue weighted by atomic mass is 15.1. The number of rotatable bonds is 3. The van der Waals surface area contributed by atoms with Gasteiger partial charge in [0.2, 0.25) is 0 Å². The molecule has 12 heavy (non-hydrogen) atoms. The molecule has 2 heteroatoms. The van der Waals surface area contributed by atoms with Crippen LogP contribution in [-0.2, 0) is 0 Å². The summed E-state index contributed by atoms with van der Waals surface area (Å²) in [5.74, 6) is 0.957. The highest BCUT2D eigenvalue weighted by Crippen LogP contribution is 2.20. The molecule has 0 aromatic carbocycles. The van der Waals surface area contributed by atoms with Crippen LogP contribution in [0.5, 0.6) is 0 Å². The molecule has 1 unspecified atom stereocenters. The Labute approximate surface area is 76.1 Å². The molecule has 1 aliphatic rings. The molecule has 0 spiro atoms. The van der Waals surface area contributed by atoms with Crippen LogP contribution in [0.15, 0.2) is 0 Å². The van der Waals surface area contributed by atoms with Crippen LogP contribution in [0.3, 0.4) is 0 Å². The largest absolute Gasteiger partial charge is 0.330 e. The van der Waals surface area contributed by atoms with Gasteiger partial charge < -0.3 is 10.6 Å². The summed E-state index contributed by atoms with van der Waals surface area (Å²) in [6.45, 7) is 3.45. The number of hydrogen-bond donors (Lipinski definition) is 1. The van der Waals surface area contributed by atoms with Crippen LogP contribution >= 0.6 is 0 Å². The second-order valence-corrected chi connectivity index (χ2v) is 4.03. The van der Waals surface area contributed by atoms with Crippen molar-refractivity contribution < 1.29 is 0 Å². The first-order valence-corrected chi connectivity index (χ1v) is 5.21. The molecule has 1 heterocycles. The van der Waals surface area contributed by atoms with Crippen molar-refractivity contribution in [1.29, 1.82) is 0 Å². The number of likely N-dealkylation sites (tertiary alicyclic amines) is 1. The lowest BCUT2D eigenvalue weighted by molar-refractivity contribution is 0.338. The molecule has 0 amide bonds. The van der Waals surface area contributed by atoms with E-state index >= 15 is 0 Å². The standard InChI is InChI=1S/C10H22N2/c1-12-8-3-5-10(6-9-12)4-2-7-11/h10H,2-9,11H2,1H3. The van der Waals surface area contributed by atoms with Crippen LogP contribution in [0.1, 0.15) is 32.1 Å². The fraction of sp³-hybridized carbons (Fsp3) is 1.00. The van der Waals surface area contributed by atoms with Crippen molar-refractivity contribution in [3.05, 3.63) is 0 Å². The quantitative estimate of drug-likeness (QED) is 0.695. The Kier molecular flexibility index (Phi) is 4.62. The topological polar surface area (TPSA) is 29.3 Å². The molecule has 1 aliphatic heterocycles. The molecule has 0 aromatic heterocycles. The zero-order valence-corrected chi connectivity index (χ0v) is 8.26. The van der Waals surface area contributed by atoms with Gasteiger partial charge in [0.05, 0.1) is 0 Å². The fourth-order valence-electron chi connectivity index (χ4n) is 2.00. The Balaban J connectivity index is 2.17. The van der Waals surface area contributed by atoms with E-state index in [2.05, 4.69) is 11.9 Å². The predicted octanol–water partition coefficient (Wildman–Crippen LogP) is 1.46. The number of nitrogens with zero attached hydrogens (tertiary/aromatic N) is 1. The van der Waals surface area contributed by atoms with Gasteiger partial charge in [0.25, 0.3) is 0 Å². The van der Waals surface area contributed by atoms with Gasteiger partial charge in [-0.25, -0.2) is 0 Å². The summed E-state index contributed by atoms with van der Waals surface area (Å²) >= 11 is 0. The van der Waals surface area contributed by atoms with E-state index in [-0.39, 0.29) is 0 Å². The highest BCUT2D eigenvalue weighted by Gasteiger charge is 2.13. The maximum absolute atomic E-state index is 5.50. The molecule has 0 aromatic rings. The van der Waals surface area contributed by atoms with Gasteiger partial charge in [-0.3, -0.25) is 0 Å². The van der Waals surface area contributed by atoms with Gasteiger partial charge >= 0.3 is 0 Å². The molecule has 72 valence electrons. The van der Waals surface area contributed by atoms with Gasteiger partial charge in [-0.15, -0.1) is 0 Å². The van der Waals surface area contributed by atoms with E-state index in [1.807, 2.05) is 0 Å². The minimum atomic E-state index is 0.867. The van der Waals surface area contributed by atoms with Crippen LogP contribution in [-0.4, -0.2) is 31.6 Å². The second-order valence-electron chi connectivity index (χ2n) is 4.03. The van der Waals surface area contributed by atoms with Crippen molar-refractivity contribution in [2.75, 3.05) is 26.7 Å². The van der Waals surface area contributed by atoms with E-state index in [0.29, 0.717) is 0 Å². The van der Waals surface area contributed by atoms with Crippen molar-refractivity contribution >= 4 is 0 Å². The number of hydrogen-bond acceptors (Lipinski definition) is 2. The van der Waals surface area contributed by atoms with Gasteiger partial charge in [0, 0.05) is 0 Å². The highest BCUT2D eigenvalue weighted by molar-refractivity contribution is 4.67. The lowest BCUT2D eigenvalue weighted by Crippen LogP contribution is -2.18. The fourth-order valence-corrected chi connectivity index (χ4v) is 2.00. The van der Waals surface area contributed by atoms with Crippen molar-refractivity contribution in [3.8, 4) is 0 Å². The molecule has 1 atom stereocenters. The summed E-state index contributed by atoms with van der Waals surface area (Å²) < 4.78 is 0. The van der Waals surface area contributed by atoms with E-state index in [0.717, 1.165) is 12.5 Å². The van der Waals surface area contributed by atoms with Gasteiger partial charge in [-0.05, 0) is 64.7 Å². The minimum Gasteiger partial charge on any atom is -0.330 e. The van der Waals surface area contributed by atoms with Crippen molar-refractivity contribution in [2.24, 2.45) is 11.7 Å². The molecule has 0 saturated carbocycles. The SMILES string of the molecule is CN1CCCC(CCCN)CC1. The van der Waals surface area contributed by atoms with Crippen molar-refractivity contribution in [3.63, 3.8) is 0 Å². The molecular weight excluding hydrogens is 148 g/mol. The molecule has 0 radical (unpaired) electrons. The van der Waals surface area contributed by atoms with Crippen LogP contribution in [0, 0.1) is 5.92 Å². The third-order valence-corrected chi connectivity index (χ3v) is 2.89. The minimum absolute atomic E-state index is 0.867. The van der Waals surface area contributed by atoms with Crippen LogP contribution in [0.2, 0.25) is 0 Å². The Morgan fingerprint density at radius 3 is 2.92 bits per heavy atom. The van der Waals surface area contributed by atoms with E-state index in [1.165, 1.54) is 45.2 Å². The Morgan fingerprint density at radius 1 is 1.33 bits per heavy atom. The summed E-state index contributed by atoms with van der Waals surface area (Å²) in [4.78, 5) is 2.45. The van der Waals surface area contributed by atoms with E-state index < -0.39 is 0 Å². The molecular formula is C10H22N2. The summed E-state index contributed by atoms with van der Waals surface area (Å²) in [7, 11) is 2.23. The van der Waals surface area contributed by atoms with Gasteiger partial charge in [0.1, 0.15) is 0 Å². The first kappa shape index (κ1) is 10.0. The summed E-state index contributed by atoms with van der Waals surface area (Å²) in [5.41, 5.74) is 5.50. The average molecular weight is 170 g/mol. The smallest absolute Gasteiger partial charge is 0.00191 e.